The first-order chi connectivity index (χ1) is 24.0. The molecule has 0 amide bonds. The number of benzene rings is 2. The maximum Gasteiger partial charge on any atom is 0.230 e. The normalized spacial score (nSPS) is 36.6. The summed E-state index contributed by atoms with van der Waals surface area (Å²) in [6.45, 7) is -1.29. The van der Waals surface area contributed by atoms with Gasteiger partial charge in [-0.3, -0.25) is 0 Å². The number of fused-ring (bicyclic) bond motifs is 1. The molecular weight excluding hydrogens is 668 g/mol. The van der Waals surface area contributed by atoms with Crippen molar-refractivity contribution in [2.45, 2.75) is 60.9 Å². The number of rotatable bonds is 12. The fourth-order valence-corrected chi connectivity index (χ4v) is 7.04. The maximum absolute atomic E-state index is 11.0. The van der Waals surface area contributed by atoms with Gasteiger partial charge in [0.1, 0.15) is 30.0 Å². The number of hydrogen-bond donors (Lipinski definition) is 7. The molecule has 4 aliphatic rings. The zero-order valence-electron chi connectivity index (χ0n) is 27.9. The van der Waals surface area contributed by atoms with Gasteiger partial charge >= 0.3 is 0 Å². The standard InChI is InChI=1S/C33H44O17/c1-41-18-6-5-15(27(44-4)23(18)37)26-17-11-45-25(16(17)10-46-26)14-7-19(42-2)28(20(8-14)43-3)49-31-29(24(38)22(36)21(9-34)48-31)50-32-30(39)33(40,12-35)13-47-32/h5-8,16-17,21-22,24-26,29-32,34-40H,9-13H2,1-4H3/t16-,17-,21-,22-,24+,25+,26+,29-,30+,31+,32+,33-/m1/s1. The van der Waals surface area contributed by atoms with E-state index in [1.165, 1.54) is 28.4 Å². The molecule has 0 unspecified atom stereocenters. The minimum absolute atomic E-state index is 0.0194. The largest absolute Gasteiger partial charge is 0.502 e. The number of phenolic OH excluding ortho intramolecular Hbond substituents is 1. The summed E-state index contributed by atoms with van der Waals surface area (Å²) in [5.74, 6) is 0.587. The van der Waals surface area contributed by atoms with Crippen LogP contribution in [-0.2, 0) is 23.7 Å². The molecule has 0 spiro atoms. The molecule has 278 valence electrons. The molecule has 4 saturated heterocycles. The van der Waals surface area contributed by atoms with E-state index in [2.05, 4.69) is 0 Å². The Kier molecular flexibility index (Phi) is 10.8. The molecule has 2 aromatic carbocycles. The Morgan fingerprint density at radius 1 is 0.780 bits per heavy atom. The van der Waals surface area contributed by atoms with Gasteiger partial charge in [0.2, 0.25) is 17.8 Å². The molecule has 2 aromatic rings. The van der Waals surface area contributed by atoms with E-state index in [9.17, 15) is 35.7 Å². The highest BCUT2D eigenvalue weighted by Crippen LogP contribution is 2.55. The lowest BCUT2D eigenvalue weighted by molar-refractivity contribution is -0.319. The van der Waals surface area contributed by atoms with Gasteiger partial charge in [-0.25, -0.2) is 0 Å². The molecule has 4 heterocycles. The number of aliphatic hydroxyl groups excluding tert-OH is 5. The lowest BCUT2D eigenvalue weighted by Gasteiger charge is -2.42. The molecular formula is C33H44O17. The van der Waals surface area contributed by atoms with Crippen molar-refractivity contribution >= 4 is 0 Å². The quantitative estimate of drug-likeness (QED) is 0.142. The van der Waals surface area contributed by atoms with E-state index in [0.717, 1.165) is 0 Å². The summed E-state index contributed by atoms with van der Waals surface area (Å²) in [5.41, 5.74) is -0.681. The lowest BCUT2D eigenvalue weighted by atomic mass is 9.84. The monoisotopic (exact) mass is 712 g/mol. The van der Waals surface area contributed by atoms with E-state index >= 15 is 0 Å². The summed E-state index contributed by atoms with van der Waals surface area (Å²) in [6.07, 6.45) is -11.9. The predicted molar refractivity (Wildman–Crippen MR) is 166 cm³/mol. The second kappa shape index (κ2) is 14.8. The van der Waals surface area contributed by atoms with Gasteiger partial charge in [-0.1, -0.05) is 0 Å². The van der Waals surface area contributed by atoms with Crippen molar-refractivity contribution in [2.75, 3.05) is 61.5 Å². The zero-order chi connectivity index (χ0) is 35.9. The van der Waals surface area contributed by atoms with Crippen molar-refractivity contribution in [3.63, 3.8) is 0 Å². The molecule has 0 aromatic heterocycles. The van der Waals surface area contributed by atoms with Crippen LogP contribution in [0, 0.1) is 11.8 Å². The van der Waals surface area contributed by atoms with Crippen LogP contribution in [0.25, 0.3) is 0 Å². The lowest BCUT2D eigenvalue weighted by Crippen LogP contribution is -2.62. The Balaban J connectivity index is 1.26. The van der Waals surface area contributed by atoms with Gasteiger partial charge in [0.15, 0.2) is 35.4 Å². The third-order valence-corrected chi connectivity index (χ3v) is 9.86. The Morgan fingerprint density at radius 3 is 2.00 bits per heavy atom. The number of hydrogen-bond acceptors (Lipinski definition) is 17. The number of aromatic hydroxyl groups is 1. The topological polar surface area (TPSA) is 234 Å². The fourth-order valence-electron chi connectivity index (χ4n) is 7.04. The number of aliphatic hydroxyl groups is 6. The molecule has 50 heavy (non-hydrogen) atoms. The molecule has 17 nitrogen and oxygen atoms in total. The predicted octanol–water partition coefficient (Wildman–Crippen LogP) is -0.855. The van der Waals surface area contributed by atoms with Crippen molar-refractivity contribution in [2.24, 2.45) is 11.8 Å². The van der Waals surface area contributed by atoms with Crippen LogP contribution in [0.2, 0.25) is 0 Å². The molecule has 0 bridgehead atoms. The first kappa shape index (κ1) is 36.6. The van der Waals surface area contributed by atoms with Crippen LogP contribution in [0.3, 0.4) is 0 Å². The molecule has 12 atom stereocenters. The second-order valence-electron chi connectivity index (χ2n) is 12.6. The summed E-state index contributed by atoms with van der Waals surface area (Å²) in [4.78, 5) is 0. The highest BCUT2D eigenvalue weighted by molar-refractivity contribution is 5.56. The molecule has 4 fully saturated rings. The van der Waals surface area contributed by atoms with Crippen LogP contribution in [0.15, 0.2) is 24.3 Å². The van der Waals surface area contributed by atoms with E-state index in [4.69, 9.17) is 47.4 Å². The number of methoxy groups -OCH3 is 4. The number of phenols is 1. The summed E-state index contributed by atoms with van der Waals surface area (Å²) in [7, 11) is 5.73. The van der Waals surface area contributed by atoms with E-state index < -0.39 is 80.7 Å². The van der Waals surface area contributed by atoms with E-state index in [-0.39, 0.29) is 46.3 Å². The first-order valence-electron chi connectivity index (χ1n) is 16.0. The molecule has 7 N–H and O–H groups in total. The van der Waals surface area contributed by atoms with Crippen molar-refractivity contribution in [3.8, 4) is 34.5 Å². The highest BCUT2D eigenvalue weighted by atomic mass is 16.8. The van der Waals surface area contributed by atoms with Gasteiger partial charge in [0.05, 0.1) is 73.7 Å². The second-order valence-corrected chi connectivity index (χ2v) is 12.6. The molecule has 4 aliphatic heterocycles. The highest BCUT2D eigenvalue weighted by Gasteiger charge is 2.54. The van der Waals surface area contributed by atoms with Crippen molar-refractivity contribution in [3.05, 3.63) is 35.4 Å². The minimum atomic E-state index is -2.02. The minimum Gasteiger partial charge on any atom is -0.502 e. The van der Waals surface area contributed by atoms with E-state index in [0.29, 0.717) is 24.3 Å². The van der Waals surface area contributed by atoms with Gasteiger partial charge in [0.25, 0.3) is 0 Å². The van der Waals surface area contributed by atoms with Crippen molar-refractivity contribution in [1.82, 2.24) is 0 Å². The Bertz CT molecular complexity index is 1470. The van der Waals surface area contributed by atoms with Gasteiger partial charge in [-0.05, 0) is 29.8 Å². The van der Waals surface area contributed by atoms with E-state index in [1.807, 2.05) is 0 Å². The van der Waals surface area contributed by atoms with E-state index in [1.54, 1.807) is 24.3 Å². The SMILES string of the molecule is COc1ccc([C@@H]2OC[C@@H]3[C@H]2CO[C@H]3c2cc(OC)c(O[C@@H]3O[C@H](CO)[C@@H](O)[C@H](O)[C@H]3O[C@@H]3OC[C@](O)(CO)[C@H]3O)c(OC)c2)c(OC)c1O. The Hall–Kier alpha value is -3.20. The van der Waals surface area contributed by atoms with Gasteiger partial charge in [-0.2, -0.15) is 0 Å². The number of ether oxygens (including phenoxy) is 10. The summed E-state index contributed by atoms with van der Waals surface area (Å²) < 4.78 is 57.8. The van der Waals surface area contributed by atoms with Crippen LogP contribution < -0.4 is 23.7 Å². The fraction of sp³-hybridized carbons (Fsp3) is 0.636. The first-order valence-corrected chi connectivity index (χ1v) is 16.0. The van der Waals surface area contributed by atoms with Gasteiger partial charge < -0.3 is 83.1 Å². The summed E-state index contributed by atoms with van der Waals surface area (Å²) in [6, 6.07) is 6.83. The van der Waals surface area contributed by atoms with Crippen molar-refractivity contribution < 1.29 is 83.1 Å². The summed E-state index contributed by atoms with van der Waals surface area (Å²) in [5, 5.41) is 72.7. The molecule has 0 aliphatic carbocycles. The zero-order valence-corrected chi connectivity index (χ0v) is 27.9. The van der Waals surface area contributed by atoms with Gasteiger partial charge in [-0.15, -0.1) is 0 Å². The summed E-state index contributed by atoms with van der Waals surface area (Å²) >= 11 is 0. The third kappa shape index (κ3) is 6.30. The average molecular weight is 713 g/mol. The van der Waals surface area contributed by atoms with Crippen LogP contribution >= 0.6 is 0 Å². The maximum atomic E-state index is 11.0. The van der Waals surface area contributed by atoms with Crippen molar-refractivity contribution in [1.29, 1.82) is 0 Å². The molecule has 0 saturated carbocycles. The third-order valence-electron chi connectivity index (χ3n) is 9.86. The smallest absolute Gasteiger partial charge is 0.230 e. The van der Waals surface area contributed by atoms with Gasteiger partial charge in [0, 0.05) is 17.4 Å². The Labute approximate surface area is 287 Å². The van der Waals surface area contributed by atoms with Crippen LogP contribution in [0.5, 0.6) is 34.5 Å². The Morgan fingerprint density at radius 2 is 1.42 bits per heavy atom. The molecule has 0 radical (unpaired) electrons. The average Bonchev–Trinajstić information content (AvgIpc) is 3.82. The van der Waals surface area contributed by atoms with Crippen LogP contribution in [-0.4, -0.2) is 146 Å². The molecule has 6 rings (SSSR count). The molecule has 17 heteroatoms. The van der Waals surface area contributed by atoms with Crippen LogP contribution in [0.1, 0.15) is 23.3 Å². The van der Waals surface area contributed by atoms with Crippen LogP contribution in [0.4, 0.5) is 0 Å².